The van der Waals surface area contributed by atoms with Crippen LogP contribution in [0.2, 0.25) is 0 Å². The normalized spacial score (nSPS) is 11.3. The summed E-state index contributed by atoms with van der Waals surface area (Å²) in [7, 11) is 3.86. The molecular formula is C28H36N4O2. The number of aromatic nitrogens is 2. The smallest absolute Gasteiger partial charge is 0.223 e. The van der Waals surface area contributed by atoms with Crippen LogP contribution in [-0.2, 0) is 11.2 Å². The van der Waals surface area contributed by atoms with Crippen LogP contribution in [0, 0.1) is 6.92 Å². The van der Waals surface area contributed by atoms with Crippen molar-refractivity contribution >= 4 is 12.0 Å². The Morgan fingerprint density at radius 1 is 1.15 bits per heavy atom. The molecule has 0 fully saturated rings. The Kier molecular flexibility index (Phi) is 9.92. The second-order valence-electron chi connectivity index (χ2n) is 8.58. The highest BCUT2D eigenvalue weighted by Crippen LogP contribution is 2.18. The van der Waals surface area contributed by atoms with Crippen molar-refractivity contribution in [2.75, 3.05) is 33.8 Å². The van der Waals surface area contributed by atoms with Gasteiger partial charge in [0, 0.05) is 37.6 Å². The van der Waals surface area contributed by atoms with Gasteiger partial charge in [0.25, 0.3) is 0 Å². The molecule has 0 bridgehead atoms. The zero-order valence-corrected chi connectivity index (χ0v) is 20.5. The maximum absolute atomic E-state index is 12.1. The zero-order chi connectivity index (χ0) is 24.2. The van der Waals surface area contributed by atoms with Crippen LogP contribution >= 0.6 is 0 Å². The third-order valence-electron chi connectivity index (χ3n) is 5.84. The van der Waals surface area contributed by atoms with Crippen molar-refractivity contribution in [1.29, 1.82) is 0 Å². The van der Waals surface area contributed by atoms with Gasteiger partial charge in [-0.05, 0) is 74.7 Å². The number of nitrogens with one attached hydrogen (secondary N) is 1. The average molecular weight is 461 g/mol. The molecule has 0 unspecified atom stereocenters. The number of rotatable bonds is 13. The molecule has 3 aromatic rings. The summed E-state index contributed by atoms with van der Waals surface area (Å²) < 4.78 is 7.29. The van der Waals surface area contributed by atoms with Crippen LogP contribution in [0.1, 0.15) is 36.0 Å². The number of aryl methyl sites for hydroxylation is 1. The van der Waals surface area contributed by atoms with E-state index in [9.17, 15) is 4.79 Å². The van der Waals surface area contributed by atoms with Crippen molar-refractivity contribution in [3.63, 3.8) is 0 Å². The summed E-state index contributed by atoms with van der Waals surface area (Å²) in [5.41, 5.74) is 4.65. The molecule has 0 aliphatic rings. The van der Waals surface area contributed by atoms with Crippen molar-refractivity contribution in [3.8, 4) is 11.4 Å². The van der Waals surface area contributed by atoms with Crippen LogP contribution in [-0.4, -0.2) is 54.1 Å². The molecule has 0 aliphatic carbocycles. The molecule has 0 saturated carbocycles. The minimum absolute atomic E-state index is 0.0644. The molecule has 34 heavy (non-hydrogen) atoms. The predicted molar refractivity (Wildman–Crippen MR) is 138 cm³/mol. The maximum atomic E-state index is 12.1. The summed E-state index contributed by atoms with van der Waals surface area (Å²) in [5, 5.41) is 3.01. The molecule has 6 heteroatoms. The van der Waals surface area contributed by atoms with E-state index in [0.717, 1.165) is 55.9 Å². The highest BCUT2D eigenvalue weighted by atomic mass is 16.5. The lowest BCUT2D eigenvalue weighted by Gasteiger charge is -2.17. The molecular weight excluding hydrogens is 424 g/mol. The first kappa shape index (κ1) is 25.2. The molecule has 1 heterocycles. The van der Waals surface area contributed by atoms with E-state index < -0.39 is 0 Å². The van der Waals surface area contributed by atoms with Gasteiger partial charge in [0.2, 0.25) is 5.91 Å². The molecule has 0 saturated heterocycles. The molecule has 180 valence electrons. The lowest BCUT2D eigenvalue weighted by atomic mass is 10.1. The Morgan fingerprint density at radius 3 is 2.68 bits per heavy atom. The summed E-state index contributed by atoms with van der Waals surface area (Å²) in [6.45, 7) is 4.85. The van der Waals surface area contributed by atoms with E-state index in [0.29, 0.717) is 6.42 Å². The van der Waals surface area contributed by atoms with E-state index in [1.54, 1.807) is 19.6 Å². The van der Waals surface area contributed by atoms with E-state index >= 15 is 0 Å². The SMILES string of the molecule is COc1ccc(CCN(C)CCCCNC(=O)C/C=C/c2ccc(-n3ccnc3)cc2)cc1C. The van der Waals surface area contributed by atoms with Crippen molar-refractivity contribution < 1.29 is 9.53 Å². The van der Waals surface area contributed by atoms with Gasteiger partial charge in [0.1, 0.15) is 5.75 Å². The highest BCUT2D eigenvalue weighted by Gasteiger charge is 2.04. The minimum atomic E-state index is 0.0644. The maximum Gasteiger partial charge on any atom is 0.223 e. The standard InChI is InChI=1S/C28H36N4O2/c1-23-21-25(11-14-27(23)34-3)15-19-31(2)18-5-4-16-30-28(33)8-6-7-24-9-12-26(13-10-24)32-20-17-29-22-32/h6-7,9-14,17,20-22H,4-5,8,15-16,18-19H2,1-3H3,(H,30,33)/b7-6+. The fraction of sp³-hybridized carbons (Fsp3) is 0.357. The average Bonchev–Trinajstić information content (AvgIpc) is 3.38. The number of hydrogen-bond acceptors (Lipinski definition) is 4. The first-order valence-electron chi connectivity index (χ1n) is 11.9. The van der Waals surface area contributed by atoms with Crippen LogP contribution in [0.3, 0.4) is 0 Å². The van der Waals surface area contributed by atoms with Gasteiger partial charge in [-0.3, -0.25) is 4.79 Å². The molecule has 1 N–H and O–H groups in total. The van der Waals surface area contributed by atoms with Crippen LogP contribution < -0.4 is 10.1 Å². The summed E-state index contributed by atoms with van der Waals surface area (Å²) in [6.07, 6.45) is 12.8. The second kappa shape index (κ2) is 13.4. The molecule has 0 aliphatic heterocycles. The number of likely N-dealkylation sites (N-methyl/N-ethyl adjacent to an activating group) is 1. The number of methoxy groups -OCH3 is 1. The van der Waals surface area contributed by atoms with Gasteiger partial charge in [-0.1, -0.05) is 36.4 Å². The third-order valence-corrected chi connectivity index (χ3v) is 5.84. The molecule has 3 rings (SSSR count). The number of hydrogen-bond donors (Lipinski definition) is 1. The third kappa shape index (κ3) is 8.19. The van der Waals surface area contributed by atoms with Gasteiger partial charge in [-0.25, -0.2) is 4.98 Å². The molecule has 0 atom stereocenters. The van der Waals surface area contributed by atoms with Gasteiger partial charge >= 0.3 is 0 Å². The monoisotopic (exact) mass is 460 g/mol. The largest absolute Gasteiger partial charge is 0.496 e. The predicted octanol–water partition coefficient (Wildman–Crippen LogP) is 4.66. The van der Waals surface area contributed by atoms with E-state index in [1.807, 2.05) is 53.2 Å². The summed E-state index contributed by atoms with van der Waals surface area (Å²) in [4.78, 5) is 18.5. The van der Waals surface area contributed by atoms with Gasteiger partial charge < -0.3 is 19.5 Å². The minimum Gasteiger partial charge on any atom is -0.496 e. The van der Waals surface area contributed by atoms with Gasteiger partial charge in [0.15, 0.2) is 0 Å². The van der Waals surface area contributed by atoms with E-state index in [2.05, 4.69) is 41.3 Å². The van der Waals surface area contributed by atoms with Crippen LogP contribution in [0.25, 0.3) is 11.8 Å². The number of imidazole rings is 1. The zero-order valence-electron chi connectivity index (χ0n) is 20.5. The molecule has 1 aromatic heterocycles. The Bertz CT molecular complexity index is 1040. The number of unbranched alkanes of at least 4 members (excludes halogenated alkanes) is 1. The summed E-state index contributed by atoms with van der Waals surface area (Å²) in [5.74, 6) is 1.00. The lowest BCUT2D eigenvalue weighted by Crippen LogP contribution is -2.26. The fourth-order valence-electron chi connectivity index (χ4n) is 3.81. The Hall–Kier alpha value is -3.38. The first-order chi connectivity index (χ1) is 16.5. The number of amides is 1. The topological polar surface area (TPSA) is 59.4 Å². The van der Waals surface area contributed by atoms with Crippen molar-refractivity contribution in [1.82, 2.24) is 19.8 Å². The molecule has 1 amide bonds. The fourth-order valence-corrected chi connectivity index (χ4v) is 3.81. The van der Waals surface area contributed by atoms with Gasteiger partial charge in [-0.15, -0.1) is 0 Å². The van der Waals surface area contributed by atoms with Gasteiger partial charge in [0.05, 0.1) is 13.4 Å². The number of benzene rings is 2. The number of ether oxygens (including phenoxy) is 1. The molecule has 2 aromatic carbocycles. The quantitative estimate of drug-likeness (QED) is 0.377. The Morgan fingerprint density at radius 2 is 1.97 bits per heavy atom. The van der Waals surface area contributed by atoms with E-state index in [1.165, 1.54) is 11.1 Å². The summed E-state index contributed by atoms with van der Waals surface area (Å²) >= 11 is 0. The Labute approximate surface area is 203 Å². The van der Waals surface area contributed by atoms with Crippen LogP contribution in [0.5, 0.6) is 5.75 Å². The van der Waals surface area contributed by atoms with Crippen molar-refractivity contribution in [2.45, 2.75) is 32.6 Å². The highest BCUT2D eigenvalue weighted by molar-refractivity contribution is 5.78. The van der Waals surface area contributed by atoms with Crippen molar-refractivity contribution in [2.24, 2.45) is 0 Å². The number of carbonyl (C=O) groups is 1. The summed E-state index contributed by atoms with van der Waals surface area (Å²) in [6, 6.07) is 14.5. The second-order valence-corrected chi connectivity index (χ2v) is 8.58. The number of nitrogens with zero attached hydrogens (tertiary/aromatic N) is 3. The molecule has 0 radical (unpaired) electrons. The lowest BCUT2D eigenvalue weighted by molar-refractivity contribution is -0.120. The first-order valence-corrected chi connectivity index (χ1v) is 11.9. The molecule has 0 spiro atoms. The van der Waals surface area contributed by atoms with E-state index in [-0.39, 0.29) is 5.91 Å². The molecule has 6 nitrogen and oxygen atoms in total. The van der Waals surface area contributed by atoms with Crippen LogP contribution in [0.4, 0.5) is 0 Å². The van der Waals surface area contributed by atoms with Crippen LogP contribution in [0.15, 0.2) is 67.3 Å². The number of carbonyl (C=O) groups excluding carboxylic acids is 1. The Balaban J connectivity index is 1.25. The van der Waals surface area contributed by atoms with E-state index in [4.69, 9.17) is 4.74 Å². The van der Waals surface area contributed by atoms with Crippen molar-refractivity contribution in [3.05, 3.63) is 84.0 Å². The van der Waals surface area contributed by atoms with Gasteiger partial charge in [-0.2, -0.15) is 0 Å².